The van der Waals surface area contributed by atoms with Crippen molar-refractivity contribution in [3.8, 4) is 5.75 Å². The summed E-state index contributed by atoms with van der Waals surface area (Å²) in [4.78, 5) is 11.7. The van der Waals surface area contributed by atoms with Crippen molar-refractivity contribution in [1.82, 2.24) is 0 Å². The molecule has 1 saturated heterocycles. The van der Waals surface area contributed by atoms with E-state index in [9.17, 15) is 9.90 Å². The molecule has 1 atom stereocenters. The van der Waals surface area contributed by atoms with Crippen LogP contribution in [0.25, 0.3) is 0 Å². The van der Waals surface area contributed by atoms with Gasteiger partial charge in [0.1, 0.15) is 11.4 Å². The average molecular weight is 250 g/mol. The SMILES string of the molecule is Cc1ccc(C2(CO)CO2)c(OC(=O)C(C)C)c1. The van der Waals surface area contributed by atoms with E-state index in [4.69, 9.17) is 9.47 Å². The van der Waals surface area contributed by atoms with Crippen molar-refractivity contribution in [2.24, 2.45) is 5.92 Å². The molecule has 1 aromatic carbocycles. The Bertz CT molecular complexity index is 461. The Morgan fingerprint density at radius 1 is 1.56 bits per heavy atom. The van der Waals surface area contributed by atoms with Gasteiger partial charge in [0.2, 0.25) is 0 Å². The normalized spacial score (nSPS) is 22.1. The minimum Gasteiger partial charge on any atom is -0.426 e. The summed E-state index contributed by atoms with van der Waals surface area (Å²) in [5, 5.41) is 9.38. The third kappa shape index (κ3) is 2.40. The van der Waals surface area contributed by atoms with Crippen molar-refractivity contribution in [3.05, 3.63) is 29.3 Å². The smallest absolute Gasteiger partial charge is 0.313 e. The van der Waals surface area contributed by atoms with Gasteiger partial charge in [0.25, 0.3) is 0 Å². The summed E-state index contributed by atoms with van der Waals surface area (Å²) < 4.78 is 10.7. The number of hydrogen-bond acceptors (Lipinski definition) is 4. The minimum absolute atomic E-state index is 0.109. The molecule has 1 heterocycles. The minimum atomic E-state index is -0.680. The fraction of sp³-hybridized carbons (Fsp3) is 0.500. The lowest BCUT2D eigenvalue weighted by Crippen LogP contribution is -2.20. The van der Waals surface area contributed by atoms with Crippen LogP contribution >= 0.6 is 0 Å². The van der Waals surface area contributed by atoms with E-state index in [-0.39, 0.29) is 18.5 Å². The third-order valence-corrected chi connectivity index (χ3v) is 3.06. The molecule has 0 saturated carbocycles. The number of carbonyl (C=O) groups excluding carboxylic acids is 1. The van der Waals surface area contributed by atoms with Gasteiger partial charge in [0.15, 0.2) is 0 Å². The fourth-order valence-corrected chi connectivity index (χ4v) is 1.74. The Morgan fingerprint density at radius 2 is 2.22 bits per heavy atom. The number of epoxide rings is 1. The lowest BCUT2D eigenvalue weighted by atomic mass is 9.98. The Morgan fingerprint density at radius 3 is 2.72 bits per heavy atom. The van der Waals surface area contributed by atoms with Crippen molar-refractivity contribution < 1.29 is 19.4 Å². The van der Waals surface area contributed by atoms with Gasteiger partial charge in [0.05, 0.1) is 19.1 Å². The maximum absolute atomic E-state index is 11.7. The Balaban J connectivity index is 2.33. The van der Waals surface area contributed by atoms with Crippen LogP contribution in [-0.4, -0.2) is 24.3 Å². The summed E-state index contributed by atoms with van der Waals surface area (Å²) in [6, 6.07) is 5.57. The van der Waals surface area contributed by atoms with Crippen LogP contribution in [0.15, 0.2) is 18.2 Å². The Kier molecular flexibility index (Phi) is 3.41. The van der Waals surface area contributed by atoms with Crippen LogP contribution in [0.5, 0.6) is 5.75 Å². The van der Waals surface area contributed by atoms with Crippen molar-refractivity contribution in [2.45, 2.75) is 26.4 Å². The zero-order valence-electron chi connectivity index (χ0n) is 10.9. The van der Waals surface area contributed by atoms with Gasteiger partial charge in [-0.3, -0.25) is 4.79 Å². The number of aryl methyl sites for hydroxylation is 1. The maximum atomic E-state index is 11.7. The summed E-state index contributed by atoms with van der Waals surface area (Å²) in [5.41, 5.74) is 1.06. The van der Waals surface area contributed by atoms with Crippen molar-refractivity contribution in [1.29, 1.82) is 0 Å². The molecule has 0 amide bonds. The monoisotopic (exact) mass is 250 g/mol. The van der Waals surface area contributed by atoms with Crippen LogP contribution in [0, 0.1) is 12.8 Å². The number of aliphatic hydroxyl groups excluding tert-OH is 1. The first-order chi connectivity index (χ1) is 8.48. The Hall–Kier alpha value is -1.39. The zero-order chi connectivity index (χ0) is 13.3. The van der Waals surface area contributed by atoms with Gasteiger partial charge in [0, 0.05) is 5.56 Å². The summed E-state index contributed by atoms with van der Waals surface area (Å²) in [5.74, 6) is 0.0133. The molecule has 2 rings (SSSR count). The summed E-state index contributed by atoms with van der Waals surface area (Å²) in [7, 11) is 0. The van der Waals surface area contributed by atoms with Gasteiger partial charge in [-0.15, -0.1) is 0 Å². The van der Waals surface area contributed by atoms with Crippen LogP contribution in [-0.2, 0) is 15.1 Å². The van der Waals surface area contributed by atoms with E-state index in [0.29, 0.717) is 12.4 Å². The van der Waals surface area contributed by atoms with Gasteiger partial charge in [-0.05, 0) is 18.6 Å². The molecule has 0 aromatic heterocycles. The molecular weight excluding hydrogens is 232 g/mol. The second-order valence-corrected chi connectivity index (χ2v) is 5.02. The fourth-order valence-electron chi connectivity index (χ4n) is 1.74. The van der Waals surface area contributed by atoms with Crippen molar-refractivity contribution >= 4 is 5.97 Å². The molecule has 18 heavy (non-hydrogen) atoms. The van der Waals surface area contributed by atoms with E-state index in [1.807, 2.05) is 19.1 Å². The summed E-state index contributed by atoms with van der Waals surface area (Å²) in [6.45, 7) is 5.84. The van der Waals surface area contributed by atoms with E-state index in [1.54, 1.807) is 19.9 Å². The molecule has 1 aromatic rings. The number of rotatable bonds is 4. The summed E-state index contributed by atoms with van der Waals surface area (Å²) >= 11 is 0. The quantitative estimate of drug-likeness (QED) is 0.502. The first-order valence-corrected chi connectivity index (χ1v) is 6.06. The van der Waals surface area contributed by atoms with Gasteiger partial charge < -0.3 is 14.6 Å². The molecule has 4 heteroatoms. The first kappa shape index (κ1) is 13.1. The van der Waals surface area contributed by atoms with Crippen LogP contribution in [0.1, 0.15) is 25.0 Å². The molecule has 1 fully saturated rings. The van der Waals surface area contributed by atoms with E-state index >= 15 is 0 Å². The van der Waals surface area contributed by atoms with Gasteiger partial charge >= 0.3 is 5.97 Å². The second kappa shape index (κ2) is 4.71. The molecule has 0 radical (unpaired) electrons. The van der Waals surface area contributed by atoms with E-state index < -0.39 is 5.60 Å². The highest BCUT2D eigenvalue weighted by atomic mass is 16.6. The van der Waals surface area contributed by atoms with Gasteiger partial charge in [-0.1, -0.05) is 26.0 Å². The predicted octanol–water partition coefficient (Wildman–Crippen LogP) is 1.77. The second-order valence-electron chi connectivity index (χ2n) is 5.02. The highest BCUT2D eigenvalue weighted by Crippen LogP contribution is 2.43. The van der Waals surface area contributed by atoms with Crippen LogP contribution < -0.4 is 4.74 Å². The average Bonchev–Trinajstić information content (AvgIpc) is 3.10. The molecule has 0 spiro atoms. The standard InChI is InChI=1S/C14H18O4/c1-9(2)13(16)18-12-6-10(3)4-5-11(12)14(7-15)8-17-14/h4-6,9,15H,7-8H2,1-3H3. The molecule has 1 N–H and O–H groups in total. The third-order valence-electron chi connectivity index (χ3n) is 3.06. The van der Waals surface area contributed by atoms with Crippen LogP contribution in [0.3, 0.4) is 0 Å². The van der Waals surface area contributed by atoms with Crippen molar-refractivity contribution in [3.63, 3.8) is 0 Å². The molecule has 0 aliphatic carbocycles. The number of aliphatic hydroxyl groups is 1. The van der Waals surface area contributed by atoms with Crippen molar-refractivity contribution in [2.75, 3.05) is 13.2 Å². The summed E-state index contributed by atoms with van der Waals surface area (Å²) in [6.07, 6.45) is 0. The van der Waals surface area contributed by atoms with Crippen LogP contribution in [0.4, 0.5) is 0 Å². The highest BCUT2D eigenvalue weighted by molar-refractivity contribution is 5.75. The van der Waals surface area contributed by atoms with Gasteiger partial charge in [-0.25, -0.2) is 0 Å². The number of hydrogen-bond donors (Lipinski definition) is 1. The largest absolute Gasteiger partial charge is 0.426 e. The van der Waals surface area contributed by atoms with Gasteiger partial charge in [-0.2, -0.15) is 0 Å². The highest BCUT2D eigenvalue weighted by Gasteiger charge is 2.48. The number of benzene rings is 1. The number of ether oxygens (including phenoxy) is 2. The molecule has 1 aliphatic rings. The maximum Gasteiger partial charge on any atom is 0.313 e. The molecule has 98 valence electrons. The van der Waals surface area contributed by atoms with E-state index in [2.05, 4.69) is 0 Å². The number of esters is 1. The zero-order valence-corrected chi connectivity index (χ0v) is 10.9. The molecular formula is C14H18O4. The molecule has 1 unspecified atom stereocenters. The Labute approximate surface area is 107 Å². The lowest BCUT2D eigenvalue weighted by molar-refractivity contribution is -0.137. The molecule has 0 bridgehead atoms. The molecule has 4 nitrogen and oxygen atoms in total. The van der Waals surface area contributed by atoms with Crippen LogP contribution in [0.2, 0.25) is 0 Å². The topological polar surface area (TPSA) is 59.1 Å². The number of carbonyl (C=O) groups is 1. The lowest BCUT2D eigenvalue weighted by Gasteiger charge is -2.16. The predicted molar refractivity (Wildman–Crippen MR) is 66.4 cm³/mol. The van der Waals surface area contributed by atoms with E-state index in [1.165, 1.54) is 0 Å². The van der Waals surface area contributed by atoms with E-state index in [0.717, 1.165) is 11.1 Å². The molecule has 1 aliphatic heterocycles. The first-order valence-electron chi connectivity index (χ1n) is 6.06.